The Hall–Kier alpha value is -1.86. The van der Waals surface area contributed by atoms with Crippen LogP contribution in [-0.4, -0.2) is 26.0 Å². The molecule has 0 aromatic heterocycles. The Morgan fingerprint density at radius 1 is 1.22 bits per heavy atom. The van der Waals surface area contributed by atoms with Crippen molar-refractivity contribution in [2.24, 2.45) is 0 Å². The number of aryl methyl sites for hydroxylation is 1. The Morgan fingerprint density at radius 2 is 1.87 bits per heavy atom. The Balaban J connectivity index is 2.15. The lowest BCUT2D eigenvalue weighted by atomic mass is 10.00. The maximum absolute atomic E-state index is 12.9. The molecule has 1 atom stereocenters. The number of hydrogen-bond donors (Lipinski definition) is 1. The summed E-state index contributed by atoms with van der Waals surface area (Å²) >= 11 is 3.28. The van der Waals surface area contributed by atoms with Gasteiger partial charge in [0.05, 0.1) is 17.1 Å². The molecule has 0 amide bonds. The second-order valence-corrected chi connectivity index (χ2v) is 8.17. The zero-order valence-electron chi connectivity index (χ0n) is 12.2. The standard InChI is InChI=1S/C16H14BrNO4S/c1-10-3-2-4-13-14(16(19)20)9-18(15(10)13)23(21,22)12-7-5-11(17)6-8-12/h2-8,14H,9H2,1H3,(H,19,20). The zero-order chi connectivity index (χ0) is 16.8. The average Bonchev–Trinajstić information content (AvgIpc) is 2.89. The molecule has 2 aromatic carbocycles. The van der Waals surface area contributed by atoms with Crippen LogP contribution in [0.25, 0.3) is 0 Å². The van der Waals surface area contributed by atoms with Gasteiger partial charge in [-0.05, 0) is 42.3 Å². The summed E-state index contributed by atoms with van der Waals surface area (Å²) in [5.74, 6) is -1.87. The van der Waals surface area contributed by atoms with E-state index in [0.29, 0.717) is 11.3 Å². The van der Waals surface area contributed by atoms with E-state index in [-0.39, 0.29) is 11.4 Å². The van der Waals surface area contributed by atoms with Gasteiger partial charge >= 0.3 is 5.97 Å². The highest BCUT2D eigenvalue weighted by Gasteiger charge is 2.40. The van der Waals surface area contributed by atoms with Crippen LogP contribution in [0.4, 0.5) is 5.69 Å². The van der Waals surface area contributed by atoms with Gasteiger partial charge in [0.25, 0.3) is 10.0 Å². The topological polar surface area (TPSA) is 74.7 Å². The van der Waals surface area contributed by atoms with Gasteiger partial charge in [-0.25, -0.2) is 8.42 Å². The lowest BCUT2D eigenvalue weighted by Crippen LogP contribution is -2.31. The van der Waals surface area contributed by atoms with Crippen molar-refractivity contribution in [2.45, 2.75) is 17.7 Å². The molecule has 0 saturated carbocycles. The van der Waals surface area contributed by atoms with Crippen molar-refractivity contribution in [3.63, 3.8) is 0 Å². The van der Waals surface area contributed by atoms with E-state index in [4.69, 9.17) is 0 Å². The van der Waals surface area contributed by atoms with Crippen molar-refractivity contribution in [2.75, 3.05) is 10.8 Å². The fourth-order valence-electron chi connectivity index (χ4n) is 2.82. The highest BCUT2D eigenvalue weighted by atomic mass is 79.9. The number of nitrogens with zero attached hydrogens (tertiary/aromatic N) is 1. The molecule has 0 aliphatic carbocycles. The number of carboxylic acid groups (broad SMARTS) is 1. The minimum absolute atomic E-state index is 0.0894. The van der Waals surface area contributed by atoms with Gasteiger partial charge in [-0.2, -0.15) is 0 Å². The molecule has 0 spiro atoms. The second-order valence-electron chi connectivity index (χ2n) is 5.39. The quantitative estimate of drug-likeness (QED) is 0.865. The van der Waals surface area contributed by atoms with E-state index < -0.39 is 21.9 Å². The normalized spacial score (nSPS) is 17.1. The smallest absolute Gasteiger partial charge is 0.312 e. The molecule has 1 unspecified atom stereocenters. The Morgan fingerprint density at radius 3 is 2.48 bits per heavy atom. The molecule has 0 bridgehead atoms. The maximum Gasteiger partial charge on any atom is 0.312 e. The molecule has 7 heteroatoms. The summed E-state index contributed by atoms with van der Waals surface area (Å²) in [6.45, 7) is 1.70. The van der Waals surface area contributed by atoms with Gasteiger partial charge in [0.15, 0.2) is 0 Å². The van der Waals surface area contributed by atoms with Crippen LogP contribution in [0.3, 0.4) is 0 Å². The number of halogens is 1. The molecule has 1 heterocycles. The van der Waals surface area contributed by atoms with Gasteiger partial charge in [-0.3, -0.25) is 9.10 Å². The molecule has 1 aliphatic heterocycles. The summed E-state index contributed by atoms with van der Waals surface area (Å²) in [5, 5.41) is 9.41. The maximum atomic E-state index is 12.9. The van der Waals surface area contributed by atoms with E-state index in [0.717, 1.165) is 10.0 Å². The van der Waals surface area contributed by atoms with Gasteiger partial charge in [-0.1, -0.05) is 34.1 Å². The summed E-state index contributed by atoms with van der Waals surface area (Å²) in [5.41, 5.74) is 1.76. The van der Waals surface area contributed by atoms with Crippen LogP contribution in [0.1, 0.15) is 17.0 Å². The van der Waals surface area contributed by atoms with Crippen molar-refractivity contribution in [1.82, 2.24) is 0 Å². The zero-order valence-corrected chi connectivity index (χ0v) is 14.6. The van der Waals surface area contributed by atoms with E-state index in [1.165, 1.54) is 16.4 Å². The number of aliphatic carboxylic acids is 1. The van der Waals surface area contributed by atoms with E-state index in [1.807, 2.05) is 0 Å². The fraction of sp³-hybridized carbons (Fsp3) is 0.188. The predicted molar refractivity (Wildman–Crippen MR) is 90.2 cm³/mol. The van der Waals surface area contributed by atoms with Crippen LogP contribution in [-0.2, 0) is 14.8 Å². The van der Waals surface area contributed by atoms with Gasteiger partial charge in [0, 0.05) is 4.47 Å². The monoisotopic (exact) mass is 395 g/mol. The predicted octanol–water partition coefficient (Wildman–Crippen LogP) is 3.13. The highest BCUT2D eigenvalue weighted by Crippen LogP contribution is 2.41. The Labute approximate surface area is 142 Å². The minimum Gasteiger partial charge on any atom is -0.481 e. The number of anilines is 1. The number of hydrogen-bond acceptors (Lipinski definition) is 3. The molecule has 1 aliphatic rings. The molecular weight excluding hydrogens is 382 g/mol. The van der Waals surface area contributed by atoms with Crippen LogP contribution in [0.15, 0.2) is 51.8 Å². The summed E-state index contributed by atoms with van der Waals surface area (Å²) in [6.07, 6.45) is 0. The van der Waals surface area contributed by atoms with E-state index in [9.17, 15) is 18.3 Å². The number of sulfonamides is 1. The molecule has 0 radical (unpaired) electrons. The number of fused-ring (bicyclic) bond motifs is 1. The molecule has 23 heavy (non-hydrogen) atoms. The lowest BCUT2D eigenvalue weighted by molar-refractivity contribution is -0.138. The molecule has 0 fully saturated rings. The molecule has 3 rings (SSSR count). The molecule has 120 valence electrons. The van der Waals surface area contributed by atoms with Crippen molar-refractivity contribution in [3.05, 3.63) is 58.1 Å². The Kier molecular flexibility index (Phi) is 3.93. The molecule has 5 nitrogen and oxygen atoms in total. The van der Waals surface area contributed by atoms with Crippen molar-refractivity contribution < 1.29 is 18.3 Å². The van der Waals surface area contributed by atoms with E-state index >= 15 is 0 Å². The minimum atomic E-state index is -3.81. The third kappa shape index (κ3) is 2.64. The first-order valence-corrected chi connectivity index (χ1v) is 9.16. The number of rotatable bonds is 3. The summed E-state index contributed by atoms with van der Waals surface area (Å²) in [7, 11) is -3.81. The van der Waals surface area contributed by atoms with Gasteiger partial charge in [-0.15, -0.1) is 0 Å². The van der Waals surface area contributed by atoms with Crippen molar-refractivity contribution in [3.8, 4) is 0 Å². The van der Waals surface area contributed by atoms with Crippen LogP contribution in [0.5, 0.6) is 0 Å². The summed E-state index contributed by atoms with van der Waals surface area (Å²) in [4.78, 5) is 11.6. The van der Waals surface area contributed by atoms with Crippen molar-refractivity contribution >= 4 is 37.6 Å². The molecule has 2 aromatic rings. The SMILES string of the molecule is Cc1cccc2c1N(S(=O)(=O)c1ccc(Br)cc1)CC2C(=O)O. The molecule has 1 N–H and O–H groups in total. The first-order valence-electron chi connectivity index (χ1n) is 6.93. The fourth-order valence-corrected chi connectivity index (χ4v) is 4.66. The Bertz CT molecular complexity index is 877. The largest absolute Gasteiger partial charge is 0.481 e. The summed E-state index contributed by atoms with van der Waals surface area (Å²) < 4.78 is 27.9. The van der Waals surface area contributed by atoms with Crippen molar-refractivity contribution in [1.29, 1.82) is 0 Å². The highest BCUT2D eigenvalue weighted by molar-refractivity contribution is 9.10. The number of carbonyl (C=O) groups is 1. The van der Waals surface area contributed by atoms with E-state index in [1.54, 1.807) is 37.3 Å². The third-order valence-corrected chi connectivity index (χ3v) is 6.25. The molecule has 0 saturated heterocycles. The van der Waals surface area contributed by atoms with Crippen LogP contribution in [0.2, 0.25) is 0 Å². The van der Waals surface area contributed by atoms with Crippen LogP contribution >= 0.6 is 15.9 Å². The van der Waals surface area contributed by atoms with Gasteiger partial charge in [0.2, 0.25) is 0 Å². The average molecular weight is 396 g/mol. The number of para-hydroxylation sites is 1. The summed E-state index contributed by atoms with van der Waals surface area (Å²) in [6, 6.07) is 11.5. The van der Waals surface area contributed by atoms with Crippen LogP contribution < -0.4 is 4.31 Å². The first kappa shape index (κ1) is 16.0. The third-order valence-electron chi connectivity index (χ3n) is 3.94. The number of carboxylic acids is 1. The van der Waals surface area contributed by atoms with Gasteiger partial charge in [0.1, 0.15) is 5.92 Å². The van der Waals surface area contributed by atoms with E-state index in [2.05, 4.69) is 15.9 Å². The second kappa shape index (κ2) is 5.65. The molecular formula is C16H14BrNO4S. The number of benzene rings is 2. The van der Waals surface area contributed by atoms with Crippen LogP contribution in [0, 0.1) is 6.92 Å². The lowest BCUT2D eigenvalue weighted by Gasteiger charge is -2.21. The van der Waals surface area contributed by atoms with Gasteiger partial charge < -0.3 is 5.11 Å². The first-order chi connectivity index (χ1) is 10.8.